The number of nitrogens with zero attached hydrogens (tertiary/aromatic N) is 2. The Labute approximate surface area is 169 Å². The van der Waals surface area contributed by atoms with Crippen LogP contribution in [0.1, 0.15) is 24.0 Å². The van der Waals surface area contributed by atoms with E-state index in [1.165, 1.54) is 28.9 Å². The molecular formula is C18H19ClF3LiN2O2. The second kappa shape index (κ2) is 9.70. The summed E-state index contributed by atoms with van der Waals surface area (Å²) in [5.74, 6) is -0.985. The molecule has 0 bridgehead atoms. The zero-order valence-corrected chi connectivity index (χ0v) is 15.7. The molecule has 142 valence electrons. The van der Waals surface area contributed by atoms with Crippen molar-refractivity contribution in [1.82, 2.24) is 9.47 Å². The number of likely N-dealkylation sites (tertiary alicyclic amines) is 1. The Morgan fingerprint density at radius 3 is 2.26 bits per heavy atom. The maximum atomic E-state index is 12.6. The fourth-order valence-corrected chi connectivity index (χ4v) is 3.11. The van der Waals surface area contributed by atoms with Gasteiger partial charge in [-0.1, -0.05) is 0 Å². The van der Waals surface area contributed by atoms with Crippen LogP contribution in [0.3, 0.4) is 0 Å². The predicted octanol–water partition coefficient (Wildman–Crippen LogP) is 4.10. The molecule has 1 fully saturated rings. The minimum absolute atomic E-state index is 0.256. The van der Waals surface area contributed by atoms with Gasteiger partial charge < -0.3 is 9.67 Å². The van der Waals surface area contributed by atoms with Crippen molar-refractivity contribution in [2.24, 2.45) is 5.92 Å². The van der Waals surface area contributed by atoms with Crippen LogP contribution < -0.4 is 0 Å². The maximum absolute atomic E-state index is 12.6. The molecule has 0 atom stereocenters. The van der Waals surface area contributed by atoms with E-state index in [0.717, 1.165) is 30.8 Å². The number of alkyl halides is 3. The van der Waals surface area contributed by atoms with Crippen molar-refractivity contribution in [3.8, 4) is 5.69 Å². The van der Waals surface area contributed by atoms with Gasteiger partial charge in [0, 0.05) is 24.6 Å². The molecule has 0 amide bonds. The normalized spacial score (nSPS) is 15.9. The van der Waals surface area contributed by atoms with Crippen LogP contribution in [0, 0.1) is 5.92 Å². The van der Waals surface area contributed by atoms with Gasteiger partial charge in [0.2, 0.25) is 0 Å². The van der Waals surface area contributed by atoms with E-state index in [0.29, 0.717) is 25.1 Å². The van der Waals surface area contributed by atoms with Crippen molar-refractivity contribution in [2.45, 2.75) is 25.6 Å². The molecule has 0 unspecified atom stereocenters. The molecule has 9 heteroatoms. The van der Waals surface area contributed by atoms with Gasteiger partial charge in [0.05, 0.1) is 11.5 Å². The van der Waals surface area contributed by atoms with Crippen molar-refractivity contribution in [3.05, 3.63) is 53.9 Å². The summed E-state index contributed by atoms with van der Waals surface area (Å²) < 4.78 is 39.6. The van der Waals surface area contributed by atoms with Crippen molar-refractivity contribution in [2.75, 3.05) is 13.1 Å². The molecule has 1 aliphatic rings. The molecule has 1 saturated heterocycles. The van der Waals surface area contributed by atoms with Gasteiger partial charge in [0.25, 0.3) is 0 Å². The van der Waals surface area contributed by atoms with Gasteiger partial charge in [-0.25, -0.2) is 0 Å². The topological polar surface area (TPSA) is 45.5 Å². The quantitative estimate of drug-likeness (QED) is 0.794. The Balaban J connectivity index is 0.00000126. The number of benzene rings is 1. The van der Waals surface area contributed by atoms with Crippen molar-refractivity contribution in [3.63, 3.8) is 0 Å². The van der Waals surface area contributed by atoms with E-state index in [2.05, 4.69) is 14.7 Å². The summed E-state index contributed by atoms with van der Waals surface area (Å²) in [5, 5.41) is 9.02. The molecule has 0 spiro atoms. The van der Waals surface area contributed by atoms with E-state index < -0.39 is 17.7 Å². The number of carbonyl (C=O) groups is 1. The minimum atomic E-state index is -4.33. The average molecular weight is 395 g/mol. The number of hydrogen-bond acceptors (Lipinski definition) is 2. The molecule has 1 N–H and O–H groups in total. The van der Waals surface area contributed by atoms with Crippen LogP contribution in [0.15, 0.2) is 42.7 Å². The Kier molecular flexibility index (Phi) is 7.87. The molecule has 0 radical (unpaired) electrons. The van der Waals surface area contributed by atoms with Crippen LogP contribution >= 0.6 is 9.80 Å². The van der Waals surface area contributed by atoms with E-state index in [4.69, 9.17) is 5.11 Å². The Morgan fingerprint density at radius 1 is 1.15 bits per heavy atom. The monoisotopic (exact) mass is 394 g/mol. The molecule has 0 aliphatic carbocycles. The zero-order chi connectivity index (χ0) is 20.0. The third-order valence-corrected chi connectivity index (χ3v) is 4.59. The number of carboxylic acid groups (broad SMARTS) is 1. The number of piperidine rings is 1. The third kappa shape index (κ3) is 6.05. The summed E-state index contributed by atoms with van der Waals surface area (Å²) in [5.41, 5.74) is 1.06. The molecular weight excluding hydrogens is 376 g/mol. The van der Waals surface area contributed by atoms with Gasteiger partial charge in [-0.3, -0.25) is 9.69 Å². The van der Waals surface area contributed by atoms with Gasteiger partial charge in [0.1, 0.15) is 0 Å². The van der Waals surface area contributed by atoms with Crippen LogP contribution in [0.25, 0.3) is 5.69 Å². The van der Waals surface area contributed by atoms with Gasteiger partial charge in [-0.05, 0) is 61.8 Å². The Hall–Kier alpha value is -1.39. The van der Waals surface area contributed by atoms with Gasteiger partial charge >= 0.3 is 38.7 Å². The summed E-state index contributed by atoms with van der Waals surface area (Å²) in [4.78, 5) is 13.2. The predicted molar refractivity (Wildman–Crippen MR) is 98.0 cm³/mol. The van der Waals surface area contributed by atoms with Crippen molar-refractivity contribution >= 4 is 32.5 Å². The first-order chi connectivity index (χ1) is 12.8. The van der Waals surface area contributed by atoms with E-state index in [9.17, 15) is 18.0 Å². The SMILES string of the molecule is O=C(O)C1CCN(Cc2ccn(-c3ccc(C(F)(F)F)cc3)c2)CC1.[Li][Cl]. The second-order valence-electron chi connectivity index (χ2n) is 6.36. The number of rotatable bonds is 4. The van der Waals surface area contributed by atoms with E-state index >= 15 is 0 Å². The molecule has 0 saturated carbocycles. The first kappa shape index (κ1) is 21.9. The molecule has 2 aromatic rings. The molecule has 2 heterocycles. The molecule has 4 nitrogen and oxygen atoms in total. The first-order valence-electron chi connectivity index (χ1n) is 8.50. The number of halogens is 4. The van der Waals surface area contributed by atoms with Gasteiger partial charge in [-0.15, -0.1) is 0 Å². The Morgan fingerprint density at radius 2 is 1.74 bits per heavy atom. The average Bonchev–Trinajstić information content (AvgIpc) is 3.12. The second-order valence-corrected chi connectivity index (χ2v) is 6.36. The molecule has 3 rings (SSSR count). The number of hydrogen-bond donors (Lipinski definition) is 1. The fraction of sp³-hybridized carbons (Fsp3) is 0.389. The fourth-order valence-electron chi connectivity index (χ4n) is 3.11. The summed E-state index contributed by atoms with van der Waals surface area (Å²) in [6.07, 6.45) is 0.681. The first-order valence-corrected chi connectivity index (χ1v) is 9.26. The van der Waals surface area contributed by atoms with Crippen LogP contribution in [0.5, 0.6) is 0 Å². The standard InChI is InChI=1S/C18H19F3N2O2.ClH.Li/c19-18(20,21)15-1-3-16(4-2-15)23-10-5-13(12-23)11-22-8-6-14(7-9-22)17(24)25;;/h1-5,10,12,14H,6-9,11H2,(H,24,25);1H;/q;;+1/p-1. The van der Waals surface area contributed by atoms with E-state index in [1.807, 2.05) is 18.5 Å². The van der Waals surface area contributed by atoms with Crippen LogP contribution in [0.4, 0.5) is 13.2 Å². The Bertz CT molecular complexity index is 742. The van der Waals surface area contributed by atoms with E-state index in [-0.39, 0.29) is 5.92 Å². The van der Waals surface area contributed by atoms with Crippen LogP contribution in [0.2, 0.25) is 0 Å². The third-order valence-electron chi connectivity index (χ3n) is 4.59. The summed E-state index contributed by atoms with van der Waals surface area (Å²) in [6.45, 7) is 2.19. The van der Waals surface area contributed by atoms with Gasteiger partial charge in [0.15, 0.2) is 0 Å². The van der Waals surface area contributed by atoms with Crippen LogP contribution in [-0.2, 0) is 17.5 Å². The van der Waals surface area contributed by atoms with Crippen molar-refractivity contribution < 1.29 is 23.1 Å². The molecule has 1 aliphatic heterocycles. The zero-order valence-electron chi connectivity index (χ0n) is 14.9. The summed E-state index contributed by atoms with van der Waals surface area (Å²) in [6, 6.07) is 6.98. The number of aliphatic carboxylic acids is 1. The molecule has 1 aromatic heterocycles. The number of carboxylic acids is 1. The summed E-state index contributed by atoms with van der Waals surface area (Å²) in [7, 11) is 4.64. The van der Waals surface area contributed by atoms with Crippen LogP contribution in [-0.4, -0.2) is 50.4 Å². The van der Waals surface area contributed by atoms with E-state index in [1.54, 1.807) is 4.57 Å². The summed E-state index contributed by atoms with van der Waals surface area (Å²) >= 11 is 1.47. The molecule has 1 aromatic carbocycles. The van der Waals surface area contributed by atoms with Crippen molar-refractivity contribution in [1.29, 1.82) is 0 Å². The molecule has 27 heavy (non-hydrogen) atoms. The van der Waals surface area contributed by atoms with Gasteiger partial charge in [-0.2, -0.15) is 13.2 Å². The number of aromatic nitrogens is 1.